The maximum atomic E-state index is 11.6. The Morgan fingerprint density at radius 3 is 2.84 bits per heavy atom. The van der Waals surface area contributed by atoms with Gasteiger partial charge in [0, 0.05) is 18.6 Å². The molecule has 0 atom stereocenters. The number of carbonyl (C=O) groups excluding carboxylic acids is 1. The van der Waals surface area contributed by atoms with E-state index in [4.69, 9.17) is 0 Å². The van der Waals surface area contributed by atoms with Crippen LogP contribution >= 0.6 is 11.8 Å². The maximum absolute atomic E-state index is 11.6. The SMILES string of the molecule is O=C(CSc1nnnn1CCNC1CC1)NC1CC1. The molecule has 0 unspecified atom stereocenters. The number of hydrogen-bond acceptors (Lipinski definition) is 6. The first-order chi connectivity index (χ1) is 9.31. The third-order valence-electron chi connectivity index (χ3n) is 3.11. The molecule has 1 aromatic heterocycles. The van der Waals surface area contributed by atoms with Crippen molar-refractivity contribution in [3.63, 3.8) is 0 Å². The second-order valence-electron chi connectivity index (χ2n) is 5.04. The fourth-order valence-corrected chi connectivity index (χ4v) is 2.44. The average molecular weight is 282 g/mol. The zero-order chi connectivity index (χ0) is 13.1. The topological polar surface area (TPSA) is 84.7 Å². The van der Waals surface area contributed by atoms with Gasteiger partial charge in [0.05, 0.1) is 12.3 Å². The highest BCUT2D eigenvalue weighted by atomic mass is 32.2. The lowest BCUT2D eigenvalue weighted by molar-refractivity contribution is -0.118. The van der Waals surface area contributed by atoms with Gasteiger partial charge in [0.15, 0.2) is 0 Å². The highest BCUT2D eigenvalue weighted by molar-refractivity contribution is 7.99. The number of carbonyl (C=O) groups is 1. The molecular formula is C11H18N6OS. The van der Waals surface area contributed by atoms with Gasteiger partial charge in [-0.1, -0.05) is 11.8 Å². The number of nitrogens with one attached hydrogen (secondary N) is 2. The molecule has 0 spiro atoms. The van der Waals surface area contributed by atoms with Crippen LogP contribution < -0.4 is 10.6 Å². The summed E-state index contributed by atoms with van der Waals surface area (Å²) in [4.78, 5) is 11.6. The largest absolute Gasteiger partial charge is 0.353 e. The lowest BCUT2D eigenvalue weighted by Gasteiger charge is -2.05. The number of tetrazole rings is 1. The van der Waals surface area contributed by atoms with Crippen LogP contribution in [0.3, 0.4) is 0 Å². The number of aromatic nitrogens is 4. The molecule has 1 aromatic rings. The van der Waals surface area contributed by atoms with Crippen molar-refractivity contribution in [3.8, 4) is 0 Å². The maximum Gasteiger partial charge on any atom is 0.230 e. The van der Waals surface area contributed by atoms with E-state index in [1.54, 1.807) is 4.68 Å². The van der Waals surface area contributed by atoms with Crippen molar-refractivity contribution in [2.45, 2.75) is 49.5 Å². The van der Waals surface area contributed by atoms with Crippen LogP contribution in [0.15, 0.2) is 5.16 Å². The summed E-state index contributed by atoms with van der Waals surface area (Å²) in [5.41, 5.74) is 0. The lowest BCUT2D eigenvalue weighted by atomic mass is 10.6. The van der Waals surface area contributed by atoms with Gasteiger partial charge in [0.25, 0.3) is 0 Å². The Bertz CT molecular complexity index is 442. The molecule has 2 saturated carbocycles. The minimum atomic E-state index is 0.0677. The van der Waals surface area contributed by atoms with Crippen molar-refractivity contribution in [2.75, 3.05) is 12.3 Å². The summed E-state index contributed by atoms with van der Waals surface area (Å²) in [6.07, 6.45) is 4.78. The summed E-state index contributed by atoms with van der Waals surface area (Å²) in [6.45, 7) is 1.62. The Morgan fingerprint density at radius 2 is 2.11 bits per heavy atom. The third kappa shape index (κ3) is 4.17. The Hall–Kier alpha value is -1.15. The Kier molecular flexibility index (Phi) is 3.97. The zero-order valence-electron chi connectivity index (χ0n) is 10.7. The van der Waals surface area contributed by atoms with E-state index in [1.807, 2.05) is 0 Å². The molecular weight excluding hydrogens is 264 g/mol. The molecule has 2 fully saturated rings. The van der Waals surface area contributed by atoms with Crippen molar-refractivity contribution < 1.29 is 4.79 Å². The smallest absolute Gasteiger partial charge is 0.230 e. The number of thioether (sulfide) groups is 1. The molecule has 1 heterocycles. The molecule has 1 amide bonds. The van der Waals surface area contributed by atoms with E-state index in [2.05, 4.69) is 26.2 Å². The monoisotopic (exact) mass is 282 g/mol. The molecule has 0 saturated heterocycles. The molecule has 2 N–H and O–H groups in total. The number of rotatable bonds is 8. The van der Waals surface area contributed by atoms with Gasteiger partial charge >= 0.3 is 0 Å². The molecule has 19 heavy (non-hydrogen) atoms. The van der Waals surface area contributed by atoms with Gasteiger partial charge in [-0.25, -0.2) is 4.68 Å². The summed E-state index contributed by atoms with van der Waals surface area (Å²) in [5.74, 6) is 0.450. The minimum absolute atomic E-state index is 0.0677. The number of amides is 1. The summed E-state index contributed by atoms with van der Waals surface area (Å²) in [7, 11) is 0. The van der Waals surface area contributed by atoms with Gasteiger partial charge in [0.1, 0.15) is 0 Å². The van der Waals surface area contributed by atoms with Gasteiger partial charge < -0.3 is 10.6 Å². The Balaban J connectivity index is 1.41. The lowest BCUT2D eigenvalue weighted by Crippen LogP contribution is -2.27. The van der Waals surface area contributed by atoms with E-state index < -0.39 is 0 Å². The summed E-state index contributed by atoms with van der Waals surface area (Å²) in [6, 6.07) is 1.10. The first-order valence-electron chi connectivity index (χ1n) is 6.73. The van der Waals surface area contributed by atoms with Crippen LogP contribution in [0, 0.1) is 0 Å². The van der Waals surface area contributed by atoms with Gasteiger partial charge in [-0.05, 0) is 36.1 Å². The fourth-order valence-electron chi connectivity index (χ4n) is 1.73. The van der Waals surface area contributed by atoms with Crippen LogP contribution in [0.2, 0.25) is 0 Å². The highest BCUT2D eigenvalue weighted by Gasteiger charge is 2.23. The molecule has 0 aliphatic heterocycles. The van der Waals surface area contributed by atoms with Crippen LogP contribution in [-0.2, 0) is 11.3 Å². The van der Waals surface area contributed by atoms with Crippen molar-refractivity contribution in [2.24, 2.45) is 0 Å². The number of hydrogen-bond donors (Lipinski definition) is 2. The second kappa shape index (κ2) is 5.87. The van der Waals surface area contributed by atoms with Crippen molar-refractivity contribution in [1.82, 2.24) is 30.8 Å². The fraction of sp³-hybridized carbons (Fsp3) is 0.818. The average Bonchev–Trinajstić information content (AvgIpc) is 3.30. The van der Waals surface area contributed by atoms with E-state index in [0.717, 1.165) is 25.9 Å². The van der Waals surface area contributed by atoms with E-state index in [9.17, 15) is 4.79 Å². The standard InChI is InChI=1S/C11H18N6OS/c18-10(13-9-3-4-9)7-19-11-14-15-16-17(11)6-5-12-8-1-2-8/h8-9,12H,1-7H2,(H,13,18). The molecule has 104 valence electrons. The van der Waals surface area contributed by atoms with Gasteiger partial charge in [-0.15, -0.1) is 5.10 Å². The second-order valence-corrected chi connectivity index (χ2v) is 5.99. The summed E-state index contributed by atoms with van der Waals surface area (Å²) in [5, 5.41) is 18.7. The quantitative estimate of drug-likeness (QED) is 0.642. The molecule has 2 aliphatic rings. The van der Waals surface area contributed by atoms with Crippen molar-refractivity contribution in [1.29, 1.82) is 0 Å². The van der Waals surface area contributed by atoms with Crippen LogP contribution in [-0.4, -0.2) is 50.5 Å². The van der Waals surface area contributed by atoms with E-state index in [1.165, 1.54) is 24.6 Å². The van der Waals surface area contributed by atoms with Gasteiger partial charge in [-0.3, -0.25) is 4.79 Å². The van der Waals surface area contributed by atoms with E-state index in [-0.39, 0.29) is 5.91 Å². The molecule has 0 radical (unpaired) electrons. The Morgan fingerprint density at radius 1 is 1.32 bits per heavy atom. The highest BCUT2D eigenvalue weighted by Crippen LogP contribution is 2.20. The van der Waals surface area contributed by atoms with Crippen LogP contribution in [0.4, 0.5) is 0 Å². The third-order valence-corrected chi connectivity index (χ3v) is 4.06. The zero-order valence-corrected chi connectivity index (χ0v) is 11.5. The summed E-state index contributed by atoms with van der Waals surface area (Å²) >= 11 is 1.39. The van der Waals surface area contributed by atoms with Crippen LogP contribution in [0.25, 0.3) is 0 Å². The molecule has 8 heteroatoms. The molecule has 7 nitrogen and oxygen atoms in total. The molecule has 0 bridgehead atoms. The van der Waals surface area contributed by atoms with Gasteiger partial charge in [0.2, 0.25) is 11.1 Å². The normalized spacial score (nSPS) is 18.5. The number of nitrogens with zero attached hydrogens (tertiary/aromatic N) is 4. The predicted molar refractivity (Wildman–Crippen MR) is 70.7 cm³/mol. The summed E-state index contributed by atoms with van der Waals surface area (Å²) < 4.78 is 1.75. The molecule has 2 aliphatic carbocycles. The predicted octanol–water partition coefficient (Wildman–Crippen LogP) is -0.204. The first-order valence-corrected chi connectivity index (χ1v) is 7.71. The molecule has 3 rings (SSSR count). The van der Waals surface area contributed by atoms with Crippen LogP contribution in [0.5, 0.6) is 0 Å². The van der Waals surface area contributed by atoms with Gasteiger partial charge in [-0.2, -0.15) is 0 Å². The first kappa shape index (κ1) is 12.9. The van der Waals surface area contributed by atoms with E-state index >= 15 is 0 Å². The molecule has 0 aromatic carbocycles. The van der Waals surface area contributed by atoms with E-state index in [0.29, 0.717) is 23.0 Å². The van der Waals surface area contributed by atoms with Crippen LogP contribution in [0.1, 0.15) is 25.7 Å². The van der Waals surface area contributed by atoms with Crippen molar-refractivity contribution >= 4 is 17.7 Å². The van der Waals surface area contributed by atoms with Crippen molar-refractivity contribution in [3.05, 3.63) is 0 Å². The Labute approximate surface area is 115 Å². The minimum Gasteiger partial charge on any atom is -0.353 e.